The topological polar surface area (TPSA) is 29.9 Å². The fourth-order valence-electron chi connectivity index (χ4n) is 2.07. The number of benzene rings is 1. The number of rotatable bonds is 1. The molecule has 0 spiro atoms. The van der Waals surface area contributed by atoms with E-state index in [1.807, 2.05) is 35.1 Å². The van der Waals surface area contributed by atoms with Crippen LogP contribution in [0.2, 0.25) is 5.02 Å². The second-order valence-electron chi connectivity index (χ2n) is 3.93. The molecule has 2 heterocycles. The van der Waals surface area contributed by atoms with Gasteiger partial charge in [0.05, 0.1) is 17.6 Å². The Kier molecular flexibility index (Phi) is 2.42. The van der Waals surface area contributed by atoms with E-state index < -0.39 is 0 Å². The van der Waals surface area contributed by atoms with Crippen LogP contribution in [0.4, 0.5) is 0 Å². The van der Waals surface area contributed by atoms with Gasteiger partial charge in [-0.3, -0.25) is 0 Å². The van der Waals surface area contributed by atoms with Crippen LogP contribution in [0.25, 0.3) is 5.69 Å². The Hall–Kier alpha value is -1.32. The zero-order valence-corrected chi connectivity index (χ0v) is 9.54. The normalized spacial score (nSPS) is 14.8. The monoisotopic (exact) mass is 233 g/mol. The molecule has 1 aromatic heterocycles. The summed E-state index contributed by atoms with van der Waals surface area (Å²) in [4.78, 5) is 0. The van der Waals surface area contributed by atoms with Crippen molar-refractivity contribution in [2.75, 3.05) is 6.54 Å². The Morgan fingerprint density at radius 2 is 2.31 bits per heavy atom. The molecule has 1 N–H and O–H groups in total. The number of fused-ring (bicyclic) bond motifs is 1. The quantitative estimate of drug-likeness (QED) is 0.818. The summed E-state index contributed by atoms with van der Waals surface area (Å²) in [6, 6.07) is 7.78. The molecule has 1 aromatic carbocycles. The highest BCUT2D eigenvalue weighted by Crippen LogP contribution is 2.20. The molecule has 4 heteroatoms. The van der Waals surface area contributed by atoms with Crippen molar-refractivity contribution in [1.82, 2.24) is 15.1 Å². The van der Waals surface area contributed by atoms with Gasteiger partial charge < -0.3 is 5.32 Å². The molecule has 0 atom stereocenters. The van der Waals surface area contributed by atoms with Gasteiger partial charge in [-0.05, 0) is 36.7 Å². The third-order valence-electron chi connectivity index (χ3n) is 2.87. The Labute approximate surface area is 99.0 Å². The van der Waals surface area contributed by atoms with Crippen LogP contribution in [0, 0.1) is 0 Å². The Morgan fingerprint density at radius 1 is 1.38 bits per heavy atom. The van der Waals surface area contributed by atoms with Crippen LogP contribution in [0.5, 0.6) is 0 Å². The van der Waals surface area contributed by atoms with Crippen molar-refractivity contribution in [3.63, 3.8) is 0 Å². The molecule has 0 fully saturated rings. The van der Waals surface area contributed by atoms with Crippen LogP contribution >= 0.6 is 11.6 Å². The van der Waals surface area contributed by atoms with Crippen LogP contribution < -0.4 is 5.32 Å². The van der Waals surface area contributed by atoms with Crippen LogP contribution in [0.15, 0.2) is 30.5 Å². The summed E-state index contributed by atoms with van der Waals surface area (Å²) in [5, 5.41) is 8.53. The summed E-state index contributed by atoms with van der Waals surface area (Å²) in [7, 11) is 0. The Bertz CT molecular complexity index is 519. The van der Waals surface area contributed by atoms with Crippen molar-refractivity contribution in [1.29, 1.82) is 0 Å². The number of hydrogen-bond donors (Lipinski definition) is 1. The van der Waals surface area contributed by atoms with Gasteiger partial charge in [-0.2, -0.15) is 5.10 Å². The van der Waals surface area contributed by atoms with E-state index in [9.17, 15) is 0 Å². The SMILES string of the molecule is Clc1cccc(-n2ncc3c2CNCC3)c1. The largest absolute Gasteiger partial charge is 0.311 e. The first-order valence-corrected chi connectivity index (χ1v) is 5.75. The fourth-order valence-corrected chi connectivity index (χ4v) is 2.25. The zero-order valence-electron chi connectivity index (χ0n) is 8.78. The lowest BCUT2D eigenvalue weighted by atomic mass is 10.1. The van der Waals surface area contributed by atoms with Gasteiger partial charge in [0, 0.05) is 11.6 Å². The minimum atomic E-state index is 0.741. The maximum atomic E-state index is 5.99. The van der Waals surface area contributed by atoms with Crippen LogP contribution in [-0.2, 0) is 13.0 Å². The summed E-state index contributed by atoms with van der Waals surface area (Å²) in [6.07, 6.45) is 3.01. The molecular formula is C12H12ClN3. The molecular weight excluding hydrogens is 222 g/mol. The van der Waals surface area contributed by atoms with Crippen molar-refractivity contribution in [2.24, 2.45) is 0 Å². The van der Waals surface area contributed by atoms with Crippen molar-refractivity contribution in [3.8, 4) is 5.69 Å². The molecule has 0 saturated carbocycles. The molecule has 0 radical (unpaired) electrons. The lowest BCUT2D eigenvalue weighted by Crippen LogP contribution is -2.24. The van der Waals surface area contributed by atoms with Gasteiger partial charge in [-0.25, -0.2) is 4.68 Å². The average molecular weight is 234 g/mol. The fraction of sp³-hybridized carbons (Fsp3) is 0.250. The molecule has 82 valence electrons. The lowest BCUT2D eigenvalue weighted by molar-refractivity contribution is 0.614. The zero-order chi connectivity index (χ0) is 11.0. The molecule has 3 nitrogen and oxygen atoms in total. The molecule has 0 amide bonds. The Balaban J connectivity index is 2.09. The van der Waals surface area contributed by atoms with Gasteiger partial charge in [-0.15, -0.1) is 0 Å². The first-order chi connectivity index (χ1) is 7.84. The highest BCUT2D eigenvalue weighted by molar-refractivity contribution is 6.30. The molecule has 16 heavy (non-hydrogen) atoms. The predicted molar refractivity (Wildman–Crippen MR) is 64.0 cm³/mol. The number of nitrogens with zero attached hydrogens (tertiary/aromatic N) is 2. The maximum Gasteiger partial charge on any atom is 0.0664 e. The predicted octanol–water partition coefficient (Wildman–Crippen LogP) is 2.17. The summed E-state index contributed by atoms with van der Waals surface area (Å²) < 4.78 is 1.97. The van der Waals surface area contributed by atoms with E-state index in [1.165, 1.54) is 11.3 Å². The first-order valence-electron chi connectivity index (χ1n) is 5.37. The molecule has 0 saturated heterocycles. The van der Waals surface area contributed by atoms with Gasteiger partial charge >= 0.3 is 0 Å². The summed E-state index contributed by atoms with van der Waals surface area (Å²) in [5.74, 6) is 0. The molecule has 0 bridgehead atoms. The smallest absolute Gasteiger partial charge is 0.0664 e. The van der Waals surface area contributed by atoms with Crippen molar-refractivity contribution in [3.05, 3.63) is 46.7 Å². The minimum Gasteiger partial charge on any atom is -0.311 e. The van der Waals surface area contributed by atoms with Crippen LogP contribution in [-0.4, -0.2) is 16.3 Å². The summed E-state index contributed by atoms with van der Waals surface area (Å²) >= 11 is 5.99. The van der Waals surface area contributed by atoms with E-state index in [0.29, 0.717) is 0 Å². The first kappa shape index (κ1) is 9.87. The van der Waals surface area contributed by atoms with Crippen molar-refractivity contribution in [2.45, 2.75) is 13.0 Å². The van der Waals surface area contributed by atoms with Gasteiger partial charge in [0.2, 0.25) is 0 Å². The number of halogens is 1. The van der Waals surface area contributed by atoms with Crippen LogP contribution in [0.1, 0.15) is 11.3 Å². The molecule has 0 unspecified atom stereocenters. The summed E-state index contributed by atoms with van der Waals surface area (Å²) in [5.41, 5.74) is 3.60. The molecule has 1 aliphatic heterocycles. The Morgan fingerprint density at radius 3 is 3.19 bits per heavy atom. The van der Waals surface area contributed by atoms with Crippen molar-refractivity contribution >= 4 is 11.6 Å². The number of hydrogen-bond acceptors (Lipinski definition) is 2. The van der Waals surface area contributed by atoms with E-state index in [-0.39, 0.29) is 0 Å². The standard InChI is InChI=1S/C12H12ClN3/c13-10-2-1-3-11(6-10)16-12-8-14-5-4-9(12)7-15-16/h1-3,6-7,14H,4-5,8H2. The highest BCUT2D eigenvalue weighted by Gasteiger charge is 2.15. The van der Waals surface area contributed by atoms with E-state index in [0.717, 1.165) is 30.2 Å². The van der Waals surface area contributed by atoms with E-state index >= 15 is 0 Å². The van der Waals surface area contributed by atoms with Crippen molar-refractivity contribution < 1.29 is 0 Å². The molecule has 1 aliphatic rings. The third-order valence-corrected chi connectivity index (χ3v) is 3.11. The van der Waals surface area contributed by atoms with Crippen LogP contribution in [0.3, 0.4) is 0 Å². The number of aromatic nitrogens is 2. The van der Waals surface area contributed by atoms with Gasteiger partial charge in [0.25, 0.3) is 0 Å². The molecule has 2 aromatic rings. The molecule has 0 aliphatic carbocycles. The van der Waals surface area contributed by atoms with Gasteiger partial charge in [-0.1, -0.05) is 17.7 Å². The second kappa shape index (κ2) is 3.92. The van der Waals surface area contributed by atoms with E-state index in [4.69, 9.17) is 11.6 Å². The minimum absolute atomic E-state index is 0.741. The van der Waals surface area contributed by atoms with E-state index in [2.05, 4.69) is 10.4 Å². The average Bonchev–Trinajstić information content (AvgIpc) is 2.72. The second-order valence-corrected chi connectivity index (χ2v) is 4.37. The highest BCUT2D eigenvalue weighted by atomic mass is 35.5. The third kappa shape index (κ3) is 1.62. The summed E-state index contributed by atoms with van der Waals surface area (Å²) in [6.45, 7) is 1.91. The number of nitrogens with one attached hydrogen (secondary N) is 1. The van der Waals surface area contributed by atoms with Gasteiger partial charge in [0.15, 0.2) is 0 Å². The lowest BCUT2D eigenvalue weighted by Gasteiger charge is -2.15. The molecule has 3 rings (SSSR count). The van der Waals surface area contributed by atoms with Gasteiger partial charge in [0.1, 0.15) is 0 Å². The maximum absolute atomic E-state index is 5.99. The van der Waals surface area contributed by atoms with E-state index in [1.54, 1.807) is 0 Å².